The second-order valence-corrected chi connectivity index (χ2v) is 2.49. The Bertz CT molecular complexity index is 114. The van der Waals surface area contributed by atoms with E-state index in [1.54, 1.807) is 0 Å². The first-order chi connectivity index (χ1) is 6.16. The summed E-state index contributed by atoms with van der Waals surface area (Å²) >= 11 is 0. The molecule has 0 saturated carbocycles. The van der Waals surface area contributed by atoms with Crippen molar-refractivity contribution in [1.29, 1.82) is 0 Å². The minimum Gasteiger partial charge on any atom is -0.460 e. The number of aliphatic hydroxyl groups is 1. The minimum atomic E-state index is -0.252. The zero-order chi connectivity index (χ0) is 10.7. The number of aliphatic hydroxyl groups excluding tert-OH is 1. The Hall–Kier alpha value is -0.610. The molecule has 0 aromatic carbocycles. The molecular weight excluding hydrogens is 172 g/mol. The molecule has 0 bridgehead atoms. The number of rotatable bonds is 5. The minimum absolute atomic E-state index is 0.126. The molecule has 0 saturated heterocycles. The zero-order valence-electron chi connectivity index (χ0n) is 8.87. The van der Waals surface area contributed by atoms with Crippen LogP contribution in [0.3, 0.4) is 0 Å². The molecule has 1 N–H and O–H groups in total. The predicted octanol–water partition coefficient (Wildman–Crippen LogP) is 0.973. The summed E-state index contributed by atoms with van der Waals surface area (Å²) in [7, 11) is 1.00. The smallest absolute Gasteiger partial charge is 0.302 e. The molecule has 0 radical (unpaired) electrons. The summed E-state index contributed by atoms with van der Waals surface area (Å²) in [6, 6.07) is 0. The maximum Gasteiger partial charge on any atom is 0.302 e. The van der Waals surface area contributed by atoms with Gasteiger partial charge in [-0.3, -0.25) is 4.79 Å². The van der Waals surface area contributed by atoms with E-state index in [4.69, 9.17) is 14.6 Å². The van der Waals surface area contributed by atoms with E-state index in [0.29, 0.717) is 6.61 Å². The molecule has 0 aliphatic rings. The lowest BCUT2D eigenvalue weighted by atomic mass is 10.4. The lowest BCUT2D eigenvalue weighted by Crippen LogP contribution is -2.18. The second-order valence-electron chi connectivity index (χ2n) is 2.49. The highest BCUT2D eigenvalue weighted by molar-refractivity contribution is 5.66. The van der Waals surface area contributed by atoms with E-state index < -0.39 is 0 Å². The van der Waals surface area contributed by atoms with Gasteiger partial charge in [0.2, 0.25) is 0 Å². The van der Waals surface area contributed by atoms with E-state index in [-0.39, 0.29) is 12.1 Å². The van der Waals surface area contributed by atoms with Gasteiger partial charge < -0.3 is 14.6 Å². The van der Waals surface area contributed by atoms with Crippen molar-refractivity contribution < 1.29 is 19.4 Å². The summed E-state index contributed by atoms with van der Waals surface area (Å²) in [5, 5.41) is 7.00. The van der Waals surface area contributed by atoms with Gasteiger partial charge in [0, 0.05) is 20.6 Å². The highest BCUT2D eigenvalue weighted by Crippen LogP contribution is 1.92. The van der Waals surface area contributed by atoms with Crippen LogP contribution < -0.4 is 0 Å². The van der Waals surface area contributed by atoms with E-state index in [2.05, 4.69) is 0 Å². The van der Waals surface area contributed by atoms with Crippen LogP contribution in [0.15, 0.2) is 0 Å². The highest BCUT2D eigenvalue weighted by Gasteiger charge is 2.03. The van der Waals surface area contributed by atoms with E-state index in [1.165, 1.54) is 6.92 Å². The van der Waals surface area contributed by atoms with Gasteiger partial charge in [-0.15, -0.1) is 0 Å². The summed E-state index contributed by atoms with van der Waals surface area (Å²) in [6.45, 7) is 6.48. The molecule has 80 valence electrons. The number of esters is 1. The van der Waals surface area contributed by atoms with Crippen LogP contribution in [0.2, 0.25) is 0 Å². The molecule has 1 unspecified atom stereocenters. The van der Waals surface area contributed by atoms with Gasteiger partial charge in [0.25, 0.3) is 0 Å². The van der Waals surface area contributed by atoms with Gasteiger partial charge in [-0.1, -0.05) is 6.92 Å². The molecule has 0 amide bonds. The molecule has 0 heterocycles. The standard InChI is InChI=1S/C8H16O3.CH4O/c1-4-5-10-6-7(2)11-8(3)9;1-2/h7H,4-6H2,1-3H3;2H,1H3. The molecule has 0 rings (SSSR count). The number of ether oxygens (including phenoxy) is 2. The van der Waals surface area contributed by atoms with Crippen LogP contribution in [-0.4, -0.2) is 37.5 Å². The van der Waals surface area contributed by atoms with Crippen molar-refractivity contribution in [3.63, 3.8) is 0 Å². The molecule has 0 aromatic heterocycles. The van der Waals surface area contributed by atoms with Crippen LogP contribution in [0, 0.1) is 0 Å². The Kier molecular flexibility index (Phi) is 13.0. The monoisotopic (exact) mass is 192 g/mol. The average Bonchev–Trinajstić information content (AvgIpc) is 2.07. The summed E-state index contributed by atoms with van der Waals surface area (Å²) < 4.78 is 10.0. The van der Waals surface area contributed by atoms with Gasteiger partial charge in [-0.2, -0.15) is 0 Å². The molecule has 0 aromatic rings. The molecule has 4 nitrogen and oxygen atoms in total. The third kappa shape index (κ3) is 14.3. The van der Waals surface area contributed by atoms with Gasteiger partial charge in [0.15, 0.2) is 0 Å². The number of hydrogen-bond acceptors (Lipinski definition) is 4. The maximum absolute atomic E-state index is 10.4. The Labute approximate surface area is 79.8 Å². The van der Waals surface area contributed by atoms with Crippen LogP contribution in [0.4, 0.5) is 0 Å². The van der Waals surface area contributed by atoms with Crippen LogP contribution >= 0.6 is 0 Å². The molecule has 1 atom stereocenters. The predicted molar refractivity (Wildman–Crippen MR) is 50.5 cm³/mol. The molecule has 0 aliphatic heterocycles. The lowest BCUT2D eigenvalue weighted by Gasteiger charge is -2.11. The van der Waals surface area contributed by atoms with Gasteiger partial charge >= 0.3 is 5.97 Å². The van der Waals surface area contributed by atoms with Gasteiger partial charge in [0.05, 0.1) is 6.61 Å². The highest BCUT2D eigenvalue weighted by atomic mass is 16.6. The number of carbonyl (C=O) groups is 1. The molecule has 0 aliphatic carbocycles. The van der Waals surface area contributed by atoms with E-state index in [0.717, 1.165) is 20.1 Å². The van der Waals surface area contributed by atoms with Gasteiger partial charge in [0.1, 0.15) is 6.10 Å². The van der Waals surface area contributed by atoms with Gasteiger partial charge in [-0.05, 0) is 13.3 Å². The van der Waals surface area contributed by atoms with Crippen molar-refractivity contribution in [2.75, 3.05) is 20.3 Å². The average molecular weight is 192 g/mol. The van der Waals surface area contributed by atoms with Crippen molar-refractivity contribution in [3.8, 4) is 0 Å². The Balaban J connectivity index is 0. The van der Waals surface area contributed by atoms with Crippen molar-refractivity contribution in [3.05, 3.63) is 0 Å². The number of hydrogen-bond donors (Lipinski definition) is 1. The summed E-state index contributed by atoms with van der Waals surface area (Å²) in [5.74, 6) is -0.252. The topological polar surface area (TPSA) is 55.8 Å². The van der Waals surface area contributed by atoms with Crippen molar-refractivity contribution >= 4 is 5.97 Å². The van der Waals surface area contributed by atoms with E-state index in [1.807, 2.05) is 13.8 Å². The van der Waals surface area contributed by atoms with Gasteiger partial charge in [-0.25, -0.2) is 0 Å². The lowest BCUT2D eigenvalue weighted by molar-refractivity contribution is -0.148. The SMILES string of the molecule is CCCOCC(C)OC(C)=O.CO. The van der Waals surface area contributed by atoms with Crippen LogP contribution in [0.25, 0.3) is 0 Å². The Morgan fingerprint density at radius 2 is 2.00 bits per heavy atom. The molecule has 0 spiro atoms. The zero-order valence-corrected chi connectivity index (χ0v) is 8.87. The van der Waals surface area contributed by atoms with Crippen molar-refractivity contribution in [1.82, 2.24) is 0 Å². The fraction of sp³-hybridized carbons (Fsp3) is 0.889. The summed E-state index contributed by atoms with van der Waals surface area (Å²) in [4.78, 5) is 10.4. The molecule has 4 heteroatoms. The first kappa shape index (κ1) is 14.9. The summed E-state index contributed by atoms with van der Waals surface area (Å²) in [6.07, 6.45) is 0.867. The van der Waals surface area contributed by atoms with Crippen molar-refractivity contribution in [2.45, 2.75) is 33.3 Å². The quantitative estimate of drug-likeness (QED) is 0.521. The van der Waals surface area contributed by atoms with E-state index in [9.17, 15) is 4.79 Å². The normalized spacial score (nSPS) is 11.2. The fourth-order valence-corrected chi connectivity index (χ4v) is 0.711. The third-order valence-corrected chi connectivity index (χ3v) is 1.07. The fourth-order valence-electron chi connectivity index (χ4n) is 0.711. The first-order valence-corrected chi connectivity index (χ1v) is 4.36. The molecule has 13 heavy (non-hydrogen) atoms. The summed E-state index contributed by atoms with van der Waals surface area (Å²) in [5.41, 5.74) is 0. The maximum atomic E-state index is 10.4. The van der Waals surface area contributed by atoms with Crippen LogP contribution in [0.5, 0.6) is 0 Å². The largest absolute Gasteiger partial charge is 0.460 e. The molecule has 0 fully saturated rings. The number of carbonyl (C=O) groups excluding carboxylic acids is 1. The third-order valence-electron chi connectivity index (χ3n) is 1.07. The molecular formula is C9H20O4. The Morgan fingerprint density at radius 3 is 2.38 bits per heavy atom. The first-order valence-electron chi connectivity index (χ1n) is 4.36. The van der Waals surface area contributed by atoms with Crippen LogP contribution in [-0.2, 0) is 14.3 Å². The second kappa shape index (κ2) is 11.4. The van der Waals surface area contributed by atoms with E-state index >= 15 is 0 Å². The van der Waals surface area contributed by atoms with Crippen molar-refractivity contribution in [2.24, 2.45) is 0 Å². The Morgan fingerprint density at radius 1 is 1.46 bits per heavy atom. The van der Waals surface area contributed by atoms with Crippen LogP contribution in [0.1, 0.15) is 27.2 Å².